The lowest BCUT2D eigenvalue weighted by Crippen LogP contribution is -2.11. The van der Waals surface area contributed by atoms with Gasteiger partial charge >= 0.3 is 0 Å². The van der Waals surface area contributed by atoms with E-state index < -0.39 is 4.92 Å². The average molecular weight is 442 g/mol. The van der Waals surface area contributed by atoms with Gasteiger partial charge in [0.05, 0.1) is 26.3 Å². The van der Waals surface area contributed by atoms with Crippen molar-refractivity contribution in [3.05, 3.63) is 52.4 Å². The van der Waals surface area contributed by atoms with E-state index in [-0.39, 0.29) is 18.0 Å². The Kier molecular flexibility index (Phi) is 7.21. The van der Waals surface area contributed by atoms with Crippen LogP contribution in [0.15, 0.2) is 40.9 Å². The molecular formula is C21H22N4O7. The summed E-state index contributed by atoms with van der Waals surface area (Å²) < 4.78 is 21.3. The molecule has 11 nitrogen and oxygen atoms in total. The summed E-state index contributed by atoms with van der Waals surface area (Å²) in [6, 6.07) is 9.06. The van der Waals surface area contributed by atoms with Gasteiger partial charge in [0.1, 0.15) is 0 Å². The number of nitro benzene ring substituents is 1. The highest BCUT2D eigenvalue weighted by Crippen LogP contribution is 2.40. The Morgan fingerprint density at radius 2 is 1.75 bits per heavy atom. The number of aromatic nitrogens is 2. The predicted molar refractivity (Wildman–Crippen MR) is 114 cm³/mol. The number of ether oxygens (including phenoxy) is 3. The number of nitrogens with one attached hydrogen (secondary N) is 1. The van der Waals surface area contributed by atoms with Gasteiger partial charge in [-0.2, -0.15) is 4.98 Å². The highest BCUT2D eigenvalue weighted by molar-refractivity contribution is 5.90. The number of non-ortho nitro benzene ring substituents is 1. The molecular weight excluding hydrogens is 420 g/mol. The van der Waals surface area contributed by atoms with Crippen molar-refractivity contribution < 1.29 is 28.5 Å². The summed E-state index contributed by atoms with van der Waals surface area (Å²) in [5, 5.41) is 17.4. The van der Waals surface area contributed by atoms with Gasteiger partial charge in [-0.25, -0.2) is 0 Å². The Morgan fingerprint density at radius 3 is 2.31 bits per heavy atom. The fourth-order valence-electron chi connectivity index (χ4n) is 2.97. The molecule has 11 heteroatoms. The van der Waals surface area contributed by atoms with Crippen LogP contribution >= 0.6 is 0 Å². The molecule has 0 bridgehead atoms. The molecule has 3 rings (SSSR count). The number of carbonyl (C=O) groups is 1. The normalized spacial score (nSPS) is 10.5. The second kappa shape index (κ2) is 10.2. The fourth-order valence-corrected chi connectivity index (χ4v) is 2.97. The standard InChI is InChI=1S/C21H22N4O7/c1-29-16-11-13(12-17(30-2)20(16)31-3)21-23-19(32-24-21)6-4-5-18(26)22-14-7-9-15(10-8-14)25(27)28/h7-12H,4-6H2,1-3H3,(H,22,26). The predicted octanol–water partition coefficient (Wildman–Crippen LogP) is 3.63. The molecule has 1 amide bonds. The third-order valence-corrected chi connectivity index (χ3v) is 4.55. The molecule has 0 radical (unpaired) electrons. The first-order valence-electron chi connectivity index (χ1n) is 9.62. The molecule has 2 aromatic carbocycles. The number of rotatable bonds is 10. The highest BCUT2D eigenvalue weighted by atomic mass is 16.6. The van der Waals surface area contributed by atoms with Gasteiger partial charge in [0.2, 0.25) is 23.4 Å². The Hall–Kier alpha value is -4.15. The van der Waals surface area contributed by atoms with Crippen molar-refractivity contribution in [3.8, 4) is 28.6 Å². The third-order valence-electron chi connectivity index (χ3n) is 4.55. The molecule has 0 atom stereocenters. The lowest BCUT2D eigenvalue weighted by atomic mass is 10.1. The quantitative estimate of drug-likeness (QED) is 0.368. The fraction of sp³-hybridized carbons (Fsp3) is 0.286. The Labute approximate surface area is 183 Å². The van der Waals surface area contributed by atoms with Gasteiger partial charge in [-0.15, -0.1) is 0 Å². The third kappa shape index (κ3) is 5.31. The highest BCUT2D eigenvalue weighted by Gasteiger charge is 2.17. The van der Waals surface area contributed by atoms with Gasteiger partial charge < -0.3 is 24.1 Å². The molecule has 0 saturated heterocycles. The largest absolute Gasteiger partial charge is 0.493 e. The van der Waals surface area contributed by atoms with Gasteiger partial charge in [-0.05, 0) is 30.7 Å². The van der Waals surface area contributed by atoms with Crippen molar-refractivity contribution in [3.63, 3.8) is 0 Å². The van der Waals surface area contributed by atoms with Crippen molar-refractivity contribution >= 4 is 17.3 Å². The minimum Gasteiger partial charge on any atom is -0.493 e. The summed E-state index contributed by atoms with van der Waals surface area (Å²) in [5.41, 5.74) is 1.08. The number of hydrogen-bond donors (Lipinski definition) is 1. The molecule has 0 spiro atoms. The van der Waals surface area contributed by atoms with E-state index in [1.165, 1.54) is 45.6 Å². The van der Waals surface area contributed by atoms with Crippen molar-refractivity contribution in [1.82, 2.24) is 10.1 Å². The number of amides is 1. The van der Waals surface area contributed by atoms with Crippen LogP contribution < -0.4 is 19.5 Å². The maximum atomic E-state index is 12.1. The molecule has 1 heterocycles. The lowest BCUT2D eigenvalue weighted by molar-refractivity contribution is -0.384. The number of methoxy groups -OCH3 is 3. The molecule has 168 valence electrons. The minimum atomic E-state index is -0.498. The number of carbonyl (C=O) groups excluding carboxylic acids is 1. The number of anilines is 1. The summed E-state index contributed by atoms with van der Waals surface area (Å²) in [6.07, 6.45) is 1.11. The number of hydrogen-bond acceptors (Lipinski definition) is 9. The first-order chi connectivity index (χ1) is 15.4. The number of aryl methyl sites for hydroxylation is 1. The van der Waals surface area contributed by atoms with Crippen LogP contribution in [0.25, 0.3) is 11.4 Å². The first kappa shape index (κ1) is 22.5. The number of nitrogens with zero attached hydrogens (tertiary/aromatic N) is 3. The topological polar surface area (TPSA) is 139 Å². The number of benzene rings is 2. The number of nitro groups is 1. The van der Waals surface area contributed by atoms with Crippen LogP contribution in [-0.4, -0.2) is 42.3 Å². The average Bonchev–Trinajstić information content (AvgIpc) is 3.27. The Bertz CT molecular complexity index is 1070. The van der Waals surface area contributed by atoms with Crippen molar-refractivity contribution in [1.29, 1.82) is 0 Å². The van der Waals surface area contributed by atoms with E-state index in [2.05, 4.69) is 15.5 Å². The summed E-state index contributed by atoms with van der Waals surface area (Å²) in [7, 11) is 4.55. The minimum absolute atomic E-state index is 0.0395. The summed E-state index contributed by atoms with van der Waals surface area (Å²) in [6.45, 7) is 0. The van der Waals surface area contributed by atoms with E-state index in [1.807, 2.05) is 0 Å². The molecule has 0 aliphatic carbocycles. The van der Waals surface area contributed by atoms with Gasteiger partial charge in [0, 0.05) is 36.2 Å². The molecule has 0 aliphatic heterocycles. The van der Waals surface area contributed by atoms with Crippen LogP contribution in [0.2, 0.25) is 0 Å². The molecule has 32 heavy (non-hydrogen) atoms. The molecule has 0 unspecified atom stereocenters. The van der Waals surface area contributed by atoms with Crippen LogP contribution in [0.1, 0.15) is 18.7 Å². The van der Waals surface area contributed by atoms with E-state index in [4.69, 9.17) is 18.7 Å². The summed E-state index contributed by atoms with van der Waals surface area (Å²) >= 11 is 0. The maximum Gasteiger partial charge on any atom is 0.269 e. The van der Waals surface area contributed by atoms with Crippen LogP contribution in [0, 0.1) is 10.1 Å². The van der Waals surface area contributed by atoms with E-state index >= 15 is 0 Å². The van der Waals surface area contributed by atoms with E-state index in [9.17, 15) is 14.9 Å². The molecule has 1 aromatic heterocycles. The zero-order valence-corrected chi connectivity index (χ0v) is 17.8. The van der Waals surface area contributed by atoms with Gasteiger partial charge in [0.25, 0.3) is 5.69 Å². The second-order valence-electron chi connectivity index (χ2n) is 6.63. The first-order valence-corrected chi connectivity index (χ1v) is 9.62. The lowest BCUT2D eigenvalue weighted by Gasteiger charge is -2.12. The van der Waals surface area contributed by atoms with E-state index in [1.54, 1.807) is 12.1 Å². The SMILES string of the molecule is COc1cc(-c2noc(CCCC(=O)Nc3ccc([N+](=O)[O-])cc3)n2)cc(OC)c1OC. The molecule has 0 fully saturated rings. The second-order valence-corrected chi connectivity index (χ2v) is 6.63. The molecule has 1 N–H and O–H groups in total. The van der Waals surface area contributed by atoms with Crippen LogP contribution in [0.3, 0.4) is 0 Å². The van der Waals surface area contributed by atoms with E-state index in [0.717, 1.165) is 0 Å². The maximum absolute atomic E-state index is 12.1. The zero-order valence-electron chi connectivity index (χ0n) is 17.8. The van der Waals surface area contributed by atoms with Crippen LogP contribution in [0.5, 0.6) is 17.2 Å². The summed E-state index contributed by atoms with van der Waals surface area (Å²) in [5.74, 6) is 1.92. The summed E-state index contributed by atoms with van der Waals surface area (Å²) in [4.78, 5) is 26.6. The van der Waals surface area contributed by atoms with Crippen molar-refractivity contribution in [2.24, 2.45) is 0 Å². The monoisotopic (exact) mass is 442 g/mol. The van der Waals surface area contributed by atoms with Gasteiger partial charge in [0.15, 0.2) is 11.5 Å². The molecule has 3 aromatic rings. The molecule has 0 aliphatic rings. The van der Waals surface area contributed by atoms with Crippen molar-refractivity contribution in [2.45, 2.75) is 19.3 Å². The van der Waals surface area contributed by atoms with Crippen molar-refractivity contribution in [2.75, 3.05) is 26.6 Å². The molecule has 0 saturated carbocycles. The Morgan fingerprint density at radius 1 is 1.09 bits per heavy atom. The van der Waals surface area contributed by atoms with E-state index in [0.29, 0.717) is 53.1 Å². The van der Waals surface area contributed by atoms with Crippen LogP contribution in [-0.2, 0) is 11.2 Å². The van der Waals surface area contributed by atoms with Gasteiger partial charge in [-0.1, -0.05) is 5.16 Å². The Balaban J connectivity index is 1.57. The zero-order chi connectivity index (χ0) is 23.1. The van der Waals surface area contributed by atoms with Gasteiger partial charge in [-0.3, -0.25) is 14.9 Å². The van der Waals surface area contributed by atoms with Crippen LogP contribution in [0.4, 0.5) is 11.4 Å². The smallest absolute Gasteiger partial charge is 0.269 e.